The topological polar surface area (TPSA) is 9.23 Å². The molecule has 0 atom stereocenters. The fourth-order valence-electron chi connectivity index (χ4n) is 2.04. The second-order valence-corrected chi connectivity index (χ2v) is 4.28. The van der Waals surface area contributed by atoms with Crippen LogP contribution in [0.5, 0.6) is 0 Å². The van der Waals surface area contributed by atoms with E-state index < -0.39 is 0 Å². The fourth-order valence-corrected chi connectivity index (χ4v) is 2.04. The summed E-state index contributed by atoms with van der Waals surface area (Å²) in [6.07, 6.45) is 14.7. The maximum atomic E-state index is 5.29. The second kappa shape index (κ2) is 7.56. The average Bonchev–Trinajstić information content (AvgIpc) is 2.49. The van der Waals surface area contributed by atoms with Crippen molar-refractivity contribution in [2.75, 3.05) is 7.11 Å². The molecule has 0 saturated heterocycles. The van der Waals surface area contributed by atoms with E-state index in [9.17, 15) is 0 Å². The minimum atomic E-state index is 1.06. The lowest BCUT2D eigenvalue weighted by Gasteiger charge is -2.06. The van der Waals surface area contributed by atoms with Gasteiger partial charge in [0.15, 0.2) is 0 Å². The normalized spacial score (nSPS) is 16.7. The highest BCUT2D eigenvalue weighted by Crippen LogP contribution is 2.22. The van der Waals surface area contributed by atoms with Gasteiger partial charge in [0, 0.05) is 6.42 Å². The monoisotopic (exact) mass is 208 g/mol. The van der Waals surface area contributed by atoms with Crippen LogP contribution >= 0.6 is 0 Å². The second-order valence-electron chi connectivity index (χ2n) is 4.28. The van der Waals surface area contributed by atoms with Gasteiger partial charge < -0.3 is 4.74 Å². The zero-order chi connectivity index (χ0) is 10.9. The molecule has 0 aromatic rings. The van der Waals surface area contributed by atoms with Gasteiger partial charge >= 0.3 is 0 Å². The molecule has 1 heteroatoms. The molecule has 1 nitrogen and oxygen atoms in total. The van der Waals surface area contributed by atoms with E-state index in [0.717, 1.165) is 18.6 Å². The van der Waals surface area contributed by atoms with Crippen LogP contribution in [-0.2, 0) is 4.74 Å². The van der Waals surface area contributed by atoms with Crippen LogP contribution in [0.1, 0.15) is 58.3 Å². The predicted octanol–water partition coefficient (Wildman–Crippen LogP) is 4.60. The van der Waals surface area contributed by atoms with Crippen LogP contribution in [0.15, 0.2) is 23.5 Å². The summed E-state index contributed by atoms with van der Waals surface area (Å²) in [5, 5.41) is 0. The lowest BCUT2D eigenvalue weighted by Crippen LogP contribution is -1.88. The molecule has 15 heavy (non-hydrogen) atoms. The average molecular weight is 208 g/mol. The summed E-state index contributed by atoms with van der Waals surface area (Å²) in [5.41, 5.74) is 1.63. The lowest BCUT2D eigenvalue weighted by atomic mass is 10.0. The molecular weight excluding hydrogens is 184 g/mol. The quantitative estimate of drug-likeness (QED) is 0.458. The van der Waals surface area contributed by atoms with Crippen LogP contribution in [-0.4, -0.2) is 7.11 Å². The van der Waals surface area contributed by atoms with Gasteiger partial charge in [0.2, 0.25) is 0 Å². The third kappa shape index (κ3) is 5.06. The number of hydrogen-bond donors (Lipinski definition) is 0. The van der Waals surface area contributed by atoms with Gasteiger partial charge in [-0.1, -0.05) is 37.8 Å². The Bertz CT molecular complexity index is 225. The molecule has 0 aliphatic heterocycles. The molecule has 0 radical (unpaired) electrons. The highest BCUT2D eigenvalue weighted by molar-refractivity contribution is 5.12. The first kappa shape index (κ1) is 12.4. The summed E-state index contributed by atoms with van der Waals surface area (Å²) < 4.78 is 5.29. The van der Waals surface area contributed by atoms with Gasteiger partial charge in [-0.25, -0.2) is 0 Å². The first-order valence-corrected chi connectivity index (χ1v) is 6.27. The van der Waals surface area contributed by atoms with Gasteiger partial charge in [-0.3, -0.25) is 0 Å². The van der Waals surface area contributed by atoms with Crippen molar-refractivity contribution < 1.29 is 4.74 Å². The number of rotatable bonds is 6. The number of ether oxygens (including phenoxy) is 1. The highest BCUT2D eigenvalue weighted by atomic mass is 16.5. The molecule has 1 rings (SSSR count). The first-order valence-electron chi connectivity index (χ1n) is 6.27. The minimum absolute atomic E-state index is 1.06. The van der Waals surface area contributed by atoms with E-state index in [0.29, 0.717) is 0 Å². The summed E-state index contributed by atoms with van der Waals surface area (Å²) in [6, 6.07) is 0. The van der Waals surface area contributed by atoms with Crippen molar-refractivity contribution in [3.05, 3.63) is 23.5 Å². The molecule has 0 spiro atoms. The van der Waals surface area contributed by atoms with Crippen LogP contribution in [0.2, 0.25) is 0 Å². The summed E-state index contributed by atoms with van der Waals surface area (Å²) in [7, 11) is 1.78. The Morgan fingerprint density at radius 3 is 2.73 bits per heavy atom. The molecule has 0 bridgehead atoms. The molecule has 0 amide bonds. The van der Waals surface area contributed by atoms with E-state index in [4.69, 9.17) is 4.74 Å². The Kier molecular flexibility index (Phi) is 6.22. The molecule has 86 valence electrons. The number of methoxy groups -OCH3 is 1. The Morgan fingerprint density at radius 1 is 1.13 bits per heavy atom. The van der Waals surface area contributed by atoms with Gasteiger partial charge in [-0.05, 0) is 31.8 Å². The first-order chi connectivity index (χ1) is 7.36. The number of allylic oxidation sites excluding steroid dienone is 4. The van der Waals surface area contributed by atoms with Crippen LogP contribution in [0, 0.1) is 0 Å². The SMILES string of the molecule is CCCCCCC1=CCC=C(OC)CC1. The molecule has 0 aromatic heterocycles. The van der Waals surface area contributed by atoms with E-state index in [-0.39, 0.29) is 0 Å². The van der Waals surface area contributed by atoms with E-state index in [1.165, 1.54) is 38.5 Å². The lowest BCUT2D eigenvalue weighted by molar-refractivity contribution is 0.276. The van der Waals surface area contributed by atoms with Crippen molar-refractivity contribution in [2.45, 2.75) is 58.3 Å². The van der Waals surface area contributed by atoms with E-state index in [1.807, 2.05) is 0 Å². The van der Waals surface area contributed by atoms with Gasteiger partial charge in [0.1, 0.15) is 0 Å². The molecule has 0 saturated carbocycles. The number of hydrogen-bond acceptors (Lipinski definition) is 1. The highest BCUT2D eigenvalue weighted by Gasteiger charge is 2.04. The van der Waals surface area contributed by atoms with Crippen molar-refractivity contribution in [3.8, 4) is 0 Å². The molecular formula is C14H24O. The maximum Gasteiger partial charge on any atom is 0.0922 e. The van der Waals surface area contributed by atoms with Crippen molar-refractivity contribution in [1.82, 2.24) is 0 Å². The van der Waals surface area contributed by atoms with Crippen LogP contribution in [0.25, 0.3) is 0 Å². The zero-order valence-electron chi connectivity index (χ0n) is 10.2. The number of unbranched alkanes of at least 4 members (excludes halogenated alkanes) is 3. The standard InChI is InChI=1S/C14H24O/c1-3-4-5-6-8-13-9-7-10-14(15-2)12-11-13/h9-10H,3-8,11-12H2,1-2H3. The predicted molar refractivity (Wildman–Crippen MR) is 65.8 cm³/mol. The summed E-state index contributed by atoms with van der Waals surface area (Å²) in [4.78, 5) is 0. The summed E-state index contributed by atoms with van der Waals surface area (Å²) in [6.45, 7) is 2.26. The molecule has 0 aromatic carbocycles. The Hall–Kier alpha value is -0.720. The minimum Gasteiger partial charge on any atom is -0.501 e. The van der Waals surface area contributed by atoms with Crippen molar-refractivity contribution in [2.24, 2.45) is 0 Å². The molecule has 1 aliphatic carbocycles. The van der Waals surface area contributed by atoms with E-state index in [1.54, 1.807) is 12.7 Å². The molecule has 0 heterocycles. The van der Waals surface area contributed by atoms with Gasteiger partial charge in [0.25, 0.3) is 0 Å². The van der Waals surface area contributed by atoms with Crippen molar-refractivity contribution in [3.63, 3.8) is 0 Å². The Balaban J connectivity index is 2.19. The molecule has 0 N–H and O–H groups in total. The Morgan fingerprint density at radius 2 is 2.00 bits per heavy atom. The van der Waals surface area contributed by atoms with Crippen LogP contribution in [0.4, 0.5) is 0 Å². The van der Waals surface area contributed by atoms with E-state index in [2.05, 4.69) is 19.1 Å². The van der Waals surface area contributed by atoms with E-state index >= 15 is 0 Å². The summed E-state index contributed by atoms with van der Waals surface area (Å²) >= 11 is 0. The van der Waals surface area contributed by atoms with Gasteiger partial charge in [-0.15, -0.1) is 0 Å². The maximum absolute atomic E-state index is 5.29. The molecule has 1 aliphatic rings. The largest absolute Gasteiger partial charge is 0.501 e. The molecule has 0 unspecified atom stereocenters. The van der Waals surface area contributed by atoms with Crippen LogP contribution in [0.3, 0.4) is 0 Å². The van der Waals surface area contributed by atoms with Crippen molar-refractivity contribution >= 4 is 0 Å². The van der Waals surface area contributed by atoms with Gasteiger partial charge in [-0.2, -0.15) is 0 Å². The third-order valence-electron chi connectivity index (χ3n) is 3.06. The van der Waals surface area contributed by atoms with Crippen molar-refractivity contribution in [1.29, 1.82) is 0 Å². The molecule has 0 fully saturated rings. The fraction of sp³-hybridized carbons (Fsp3) is 0.714. The summed E-state index contributed by atoms with van der Waals surface area (Å²) in [5.74, 6) is 1.16. The third-order valence-corrected chi connectivity index (χ3v) is 3.06. The van der Waals surface area contributed by atoms with Crippen LogP contribution < -0.4 is 0 Å². The van der Waals surface area contributed by atoms with Gasteiger partial charge in [0.05, 0.1) is 12.9 Å². The smallest absolute Gasteiger partial charge is 0.0922 e. The Labute approximate surface area is 94.2 Å². The zero-order valence-corrected chi connectivity index (χ0v) is 10.2.